The largest absolute Gasteiger partial charge is 0.463 e. The molecule has 0 aromatic heterocycles. The highest BCUT2D eigenvalue weighted by Gasteiger charge is 2.11. The van der Waals surface area contributed by atoms with E-state index in [0.717, 1.165) is 0 Å². The summed E-state index contributed by atoms with van der Waals surface area (Å²) in [5.41, 5.74) is 0.565. The van der Waals surface area contributed by atoms with Crippen LogP contribution < -0.4 is 0 Å². The number of carbonyl (C=O) groups excluding carboxylic acids is 1. The molecule has 1 aromatic carbocycles. The highest BCUT2D eigenvalue weighted by molar-refractivity contribution is 6.31. The Morgan fingerprint density at radius 1 is 1.57 bits per heavy atom. The van der Waals surface area contributed by atoms with E-state index in [-0.39, 0.29) is 6.61 Å². The molecule has 0 unspecified atom stereocenters. The predicted octanol–water partition coefficient (Wildman–Crippen LogP) is 1.94. The van der Waals surface area contributed by atoms with Crippen LogP contribution in [-0.4, -0.2) is 17.7 Å². The Kier molecular flexibility index (Phi) is 3.92. The number of halogens is 1. The van der Waals surface area contributed by atoms with Gasteiger partial charge in [0.1, 0.15) is 12.7 Å². The Bertz CT molecular complexity index is 325. The highest BCUT2D eigenvalue weighted by atomic mass is 35.5. The maximum absolute atomic E-state index is 10.5. The summed E-state index contributed by atoms with van der Waals surface area (Å²) < 4.78 is 4.67. The molecule has 3 nitrogen and oxygen atoms in total. The topological polar surface area (TPSA) is 46.5 Å². The summed E-state index contributed by atoms with van der Waals surface area (Å²) in [5, 5.41) is 10.1. The summed E-state index contributed by atoms with van der Waals surface area (Å²) in [6.45, 7) is 1.22. The number of ether oxygens (including phenoxy) is 1. The van der Waals surface area contributed by atoms with Crippen molar-refractivity contribution in [2.24, 2.45) is 0 Å². The lowest BCUT2D eigenvalue weighted by atomic mass is 10.1. The van der Waals surface area contributed by atoms with Gasteiger partial charge < -0.3 is 9.84 Å². The first-order chi connectivity index (χ1) is 6.61. The average molecular weight is 215 g/mol. The third-order valence-electron chi connectivity index (χ3n) is 1.71. The average Bonchev–Trinajstić information content (AvgIpc) is 2.15. The van der Waals surface area contributed by atoms with Gasteiger partial charge in [-0.1, -0.05) is 29.8 Å². The first kappa shape index (κ1) is 11.0. The van der Waals surface area contributed by atoms with Crippen molar-refractivity contribution in [2.75, 3.05) is 6.61 Å². The Morgan fingerprint density at radius 3 is 2.79 bits per heavy atom. The predicted molar refractivity (Wildman–Crippen MR) is 53.0 cm³/mol. The van der Waals surface area contributed by atoms with Gasteiger partial charge in [-0.15, -0.1) is 0 Å². The van der Waals surface area contributed by atoms with E-state index >= 15 is 0 Å². The van der Waals surface area contributed by atoms with Crippen LogP contribution in [0.15, 0.2) is 24.3 Å². The van der Waals surface area contributed by atoms with Gasteiger partial charge in [0.2, 0.25) is 0 Å². The van der Waals surface area contributed by atoms with Crippen molar-refractivity contribution in [1.29, 1.82) is 0 Å². The normalized spacial score (nSPS) is 12.2. The first-order valence-corrected chi connectivity index (χ1v) is 4.55. The molecule has 0 heterocycles. The first-order valence-electron chi connectivity index (χ1n) is 4.17. The van der Waals surface area contributed by atoms with E-state index in [1.165, 1.54) is 6.92 Å². The lowest BCUT2D eigenvalue weighted by Crippen LogP contribution is -2.10. The van der Waals surface area contributed by atoms with Crippen molar-refractivity contribution in [1.82, 2.24) is 0 Å². The van der Waals surface area contributed by atoms with Crippen molar-refractivity contribution < 1.29 is 14.6 Å². The standard InChI is InChI=1S/C10H11ClO3/c1-7(12)14-6-10(13)8-4-2-3-5-9(8)11/h2-5,10,13H,6H2,1H3/t10-/m1/s1. The molecule has 1 N–H and O–H groups in total. The SMILES string of the molecule is CC(=O)OC[C@@H](O)c1ccccc1Cl. The molecule has 0 bridgehead atoms. The van der Waals surface area contributed by atoms with Crippen molar-refractivity contribution >= 4 is 17.6 Å². The van der Waals surface area contributed by atoms with Crippen molar-refractivity contribution in [2.45, 2.75) is 13.0 Å². The number of hydrogen-bond donors (Lipinski definition) is 1. The number of hydrogen-bond acceptors (Lipinski definition) is 3. The van der Waals surface area contributed by atoms with Gasteiger partial charge in [0.05, 0.1) is 0 Å². The lowest BCUT2D eigenvalue weighted by Gasteiger charge is -2.11. The zero-order valence-corrected chi connectivity index (χ0v) is 8.49. The monoisotopic (exact) mass is 214 g/mol. The van der Waals surface area contributed by atoms with Gasteiger partial charge in [0.25, 0.3) is 0 Å². The van der Waals surface area contributed by atoms with Gasteiger partial charge in [-0.3, -0.25) is 4.79 Å². The molecular weight excluding hydrogens is 204 g/mol. The molecule has 76 valence electrons. The number of rotatable bonds is 3. The summed E-state index contributed by atoms with van der Waals surface area (Å²) in [7, 11) is 0. The molecular formula is C10H11ClO3. The minimum Gasteiger partial charge on any atom is -0.463 e. The van der Waals surface area contributed by atoms with Gasteiger partial charge in [-0.2, -0.15) is 0 Å². The van der Waals surface area contributed by atoms with Crippen LogP contribution in [0.1, 0.15) is 18.6 Å². The van der Waals surface area contributed by atoms with Crippen LogP contribution in [0, 0.1) is 0 Å². The molecule has 1 atom stereocenters. The van der Waals surface area contributed by atoms with Gasteiger partial charge in [0, 0.05) is 17.5 Å². The van der Waals surface area contributed by atoms with E-state index < -0.39 is 12.1 Å². The second-order valence-electron chi connectivity index (χ2n) is 2.84. The summed E-state index contributed by atoms with van der Waals surface area (Å²) >= 11 is 5.83. The van der Waals surface area contributed by atoms with E-state index in [1.807, 2.05) is 0 Å². The Labute approximate surface area is 87.3 Å². The molecule has 4 heteroatoms. The molecule has 0 saturated heterocycles. The zero-order chi connectivity index (χ0) is 10.6. The molecule has 0 amide bonds. The Morgan fingerprint density at radius 2 is 2.21 bits per heavy atom. The fourth-order valence-electron chi connectivity index (χ4n) is 1.03. The molecule has 0 aliphatic rings. The van der Waals surface area contributed by atoms with Gasteiger partial charge >= 0.3 is 5.97 Å². The van der Waals surface area contributed by atoms with Crippen LogP contribution in [-0.2, 0) is 9.53 Å². The number of carbonyl (C=O) groups is 1. The number of aliphatic hydroxyl groups is 1. The molecule has 1 aromatic rings. The molecule has 0 spiro atoms. The Balaban J connectivity index is 2.65. The molecule has 0 radical (unpaired) electrons. The van der Waals surface area contributed by atoms with Crippen molar-refractivity contribution in [3.05, 3.63) is 34.9 Å². The van der Waals surface area contributed by atoms with Gasteiger partial charge in [0.15, 0.2) is 0 Å². The minimum atomic E-state index is -0.868. The van der Waals surface area contributed by atoms with Gasteiger partial charge in [-0.05, 0) is 6.07 Å². The minimum absolute atomic E-state index is 0.0704. The maximum atomic E-state index is 10.5. The van der Waals surface area contributed by atoms with Crippen molar-refractivity contribution in [3.63, 3.8) is 0 Å². The number of esters is 1. The molecule has 0 aliphatic carbocycles. The number of aliphatic hydroxyl groups excluding tert-OH is 1. The highest BCUT2D eigenvalue weighted by Crippen LogP contribution is 2.22. The fourth-order valence-corrected chi connectivity index (χ4v) is 1.29. The summed E-state index contributed by atoms with van der Waals surface area (Å²) in [6, 6.07) is 6.90. The van der Waals surface area contributed by atoms with Crippen LogP contribution in [0.25, 0.3) is 0 Å². The fraction of sp³-hybridized carbons (Fsp3) is 0.300. The second-order valence-corrected chi connectivity index (χ2v) is 3.25. The van der Waals surface area contributed by atoms with Crippen molar-refractivity contribution in [3.8, 4) is 0 Å². The molecule has 0 aliphatic heterocycles. The summed E-state index contributed by atoms with van der Waals surface area (Å²) in [6.07, 6.45) is -0.868. The molecule has 1 rings (SSSR count). The van der Waals surface area contributed by atoms with E-state index in [1.54, 1.807) is 24.3 Å². The van der Waals surface area contributed by atoms with E-state index in [9.17, 15) is 9.90 Å². The van der Waals surface area contributed by atoms with E-state index in [4.69, 9.17) is 11.6 Å². The Hall–Kier alpha value is -1.06. The quantitative estimate of drug-likeness (QED) is 0.783. The van der Waals surface area contributed by atoms with Crippen LogP contribution in [0.3, 0.4) is 0 Å². The zero-order valence-electron chi connectivity index (χ0n) is 7.74. The molecule has 0 fully saturated rings. The number of benzene rings is 1. The maximum Gasteiger partial charge on any atom is 0.302 e. The lowest BCUT2D eigenvalue weighted by molar-refractivity contribution is -0.144. The van der Waals surface area contributed by atoms with Crippen LogP contribution in [0.5, 0.6) is 0 Å². The smallest absolute Gasteiger partial charge is 0.302 e. The summed E-state index contributed by atoms with van der Waals surface area (Å²) in [5.74, 6) is -0.420. The molecule has 0 saturated carbocycles. The van der Waals surface area contributed by atoms with Crippen LogP contribution in [0.2, 0.25) is 5.02 Å². The van der Waals surface area contributed by atoms with Crippen LogP contribution >= 0.6 is 11.6 Å². The summed E-state index contributed by atoms with van der Waals surface area (Å²) in [4.78, 5) is 10.5. The molecule has 14 heavy (non-hydrogen) atoms. The third-order valence-corrected chi connectivity index (χ3v) is 2.05. The third kappa shape index (κ3) is 3.01. The van der Waals surface area contributed by atoms with E-state index in [2.05, 4.69) is 4.74 Å². The van der Waals surface area contributed by atoms with Gasteiger partial charge in [-0.25, -0.2) is 0 Å². The van der Waals surface area contributed by atoms with E-state index in [0.29, 0.717) is 10.6 Å². The van der Waals surface area contributed by atoms with Crippen LogP contribution in [0.4, 0.5) is 0 Å². The second kappa shape index (κ2) is 4.98.